The molecule has 170 valence electrons. The first kappa shape index (κ1) is 23.4. The number of hydrogen-bond acceptors (Lipinski definition) is 7. The van der Waals surface area contributed by atoms with Gasteiger partial charge in [-0.2, -0.15) is 0 Å². The monoisotopic (exact) mass is 450 g/mol. The van der Waals surface area contributed by atoms with Crippen molar-refractivity contribution in [2.75, 3.05) is 12.9 Å². The summed E-state index contributed by atoms with van der Waals surface area (Å²) in [7, 11) is -3.77. The highest BCUT2D eigenvalue weighted by molar-refractivity contribution is 7.92. The molecule has 9 heteroatoms. The SMILES string of the molecule is CC=Cc1ccc(C2=NO[C@@H](C[C@](C)(C(=O)NOC3CCCCO3)S(C)(=O)=O)C2)cc1. The average Bonchev–Trinajstić information content (AvgIpc) is 3.21. The van der Waals surface area contributed by atoms with Crippen LogP contribution in [0.1, 0.15) is 57.1 Å². The standard InChI is InChI=1S/C22H30N2O6S/c1-4-7-16-9-11-17(12-10-16)19-14-18(29-23-19)15-22(2,31(3,26)27)21(25)24-30-20-8-5-6-13-28-20/h4,7,9-12,18,20H,5-6,8,13-15H2,1-3H3,(H,24,25)/t18-,20?,22-/m1/s1. The molecule has 1 N–H and O–H groups in total. The van der Waals surface area contributed by atoms with E-state index in [9.17, 15) is 13.2 Å². The molecule has 3 rings (SSSR count). The number of hydroxylamine groups is 1. The summed E-state index contributed by atoms with van der Waals surface area (Å²) in [5, 5.41) is 4.13. The molecule has 2 aliphatic heterocycles. The van der Waals surface area contributed by atoms with Crippen LogP contribution in [0.25, 0.3) is 6.08 Å². The van der Waals surface area contributed by atoms with Gasteiger partial charge in [0, 0.05) is 32.1 Å². The molecule has 0 radical (unpaired) electrons. The fourth-order valence-corrected chi connectivity index (χ4v) is 4.43. The summed E-state index contributed by atoms with van der Waals surface area (Å²) in [5.41, 5.74) is 4.99. The van der Waals surface area contributed by atoms with Crippen molar-refractivity contribution in [2.45, 2.75) is 63.1 Å². The molecule has 0 aliphatic carbocycles. The van der Waals surface area contributed by atoms with Gasteiger partial charge in [0.05, 0.1) is 5.71 Å². The fourth-order valence-electron chi connectivity index (χ4n) is 3.57. The number of nitrogens with zero attached hydrogens (tertiary/aromatic N) is 1. The molecule has 0 saturated carbocycles. The number of oxime groups is 1. The van der Waals surface area contributed by atoms with Crippen LogP contribution in [0.15, 0.2) is 35.5 Å². The van der Waals surface area contributed by atoms with E-state index in [1.165, 1.54) is 6.92 Å². The van der Waals surface area contributed by atoms with Crippen LogP contribution in [-0.4, -0.2) is 50.0 Å². The molecular weight excluding hydrogens is 420 g/mol. The number of allylic oxidation sites excluding steroid dienone is 1. The van der Waals surface area contributed by atoms with E-state index in [2.05, 4.69) is 10.6 Å². The second kappa shape index (κ2) is 9.93. The molecule has 1 aromatic rings. The van der Waals surface area contributed by atoms with Crippen molar-refractivity contribution >= 4 is 27.5 Å². The summed E-state index contributed by atoms with van der Waals surface area (Å²) >= 11 is 0. The van der Waals surface area contributed by atoms with Gasteiger partial charge in [-0.25, -0.2) is 18.7 Å². The van der Waals surface area contributed by atoms with Gasteiger partial charge in [-0.3, -0.25) is 4.79 Å². The summed E-state index contributed by atoms with van der Waals surface area (Å²) < 4.78 is 28.8. The molecule has 0 spiro atoms. The van der Waals surface area contributed by atoms with Crippen LogP contribution >= 0.6 is 0 Å². The number of amides is 1. The van der Waals surface area contributed by atoms with Crippen LogP contribution in [0.4, 0.5) is 0 Å². The Morgan fingerprint density at radius 3 is 2.68 bits per heavy atom. The van der Waals surface area contributed by atoms with Crippen LogP contribution in [0.5, 0.6) is 0 Å². The summed E-state index contributed by atoms with van der Waals surface area (Å²) in [5.74, 6) is -0.739. The highest BCUT2D eigenvalue weighted by Crippen LogP contribution is 2.30. The first-order chi connectivity index (χ1) is 14.7. The van der Waals surface area contributed by atoms with Gasteiger partial charge in [0.15, 0.2) is 20.9 Å². The molecule has 31 heavy (non-hydrogen) atoms. The number of sulfone groups is 1. The molecular formula is C22H30N2O6S. The van der Waals surface area contributed by atoms with Gasteiger partial charge in [0.2, 0.25) is 0 Å². The van der Waals surface area contributed by atoms with Crippen molar-refractivity contribution in [1.29, 1.82) is 0 Å². The lowest BCUT2D eigenvalue weighted by Gasteiger charge is -2.29. The van der Waals surface area contributed by atoms with Crippen molar-refractivity contribution in [3.63, 3.8) is 0 Å². The number of ether oxygens (including phenoxy) is 1. The highest BCUT2D eigenvalue weighted by atomic mass is 32.2. The minimum Gasteiger partial charge on any atom is -0.392 e. The maximum atomic E-state index is 12.8. The van der Waals surface area contributed by atoms with Crippen molar-refractivity contribution in [3.05, 3.63) is 41.5 Å². The van der Waals surface area contributed by atoms with Crippen molar-refractivity contribution in [2.24, 2.45) is 5.16 Å². The molecule has 2 aliphatic rings. The van der Waals surface area contributed by atoms with Crippen LogP contribution in [0.3, 0.4) is 0 Å². The largest absolute Gasteiger partial charge is 0.392 e. The molecule has 1 aromatic carbocycles. The Balaban J connectivity index is 1.63. The van der Waals surface area contributed by atoms with E-state index < -0.39 is 32.9 Å². The van der Waals surface area contributed by atoms with E-state index in [0.717, 1.165) is 35.9 Å². The van der Waals surface area contributed by atoms with Crippen molar-refractivity contribution in [1.82, 2.24) is 5.48 Å². The van der Waals surface area contributed by atoms with Gasteiger partial charge in [-0.05, 0) is 37.8 Å². The maximum Gasteiger partial charge on any atom is 0.264 e. The first-order valence-electron chi connectivity index (χ1n) is 10.5. The van der Waals surface area contributed by atoms with E-state index in [0.29, 0.717) is 19.4 Å². The zero-order valence-corrected chi connectivity index (χ0v) is 19.0. The second-order valence-corrected chi connectivity index (χ2v) is 10.6. The average molecular weight is 451 g/mol. The lowest BCUT2D eigenvalue weighted by molar-refractivity contribution is -0.201. The topological polar surface area (TPSA) is 103 Å². The summed E-state index contributed by atoms with van der Waals surface area (Å²) in [6.45, 7) is 3.89. The Kier molecular flexibility index (Phi) is 7.51. The molecule has 1 unspecified atom stereocenters. The van der Waals surface area contributed by atoms with E-state index in [-0.39, 0.29) is 6.42 Å². The molecule has 3 atom stereocenters. The number of carbonyl (C=O) groups excluding carboxylic acids is 1. The van der Waals surface area contributed by atoms with Crippen molar-refractivity contribution in [3.8, 4) is 0 Å². The number of nitrogens with one attached hydrogen (secondary N) is 1. The van der Waals surface area contributed by atoms with Crippen LogP contribution in [0.2, 0.25) is 0 Å². The predicted octanol–water partition coefficient (Wildman–Crippen LogP) is 2.98. The van der Waals surface area contributed by atoms with E-state index >= 15 is 0 Å². The van der Waals surface area contributed by atoms with Gasteiger partial charge in [-0.1, -0.05) is 41.6 Å². The summed E-state index contributed by atoms with van der Waals surface area (Å²) in [6, 6.07) is 7.84. The van der Waals surface area contributed by atoms with Gasteiger partial charge < -0.3 is 9.57 Å². The van der Waals surface area contributed by atoms with E-state index in [4.69, 9.17) is 14.4 Å². The van der Waals surface area contributed by atoms with Gasteiger partial charge in [0.25, 0.3) is 5.91 Å². The fraction of sp³-hybridized carbons (Fsp3) is 0.545. The third-order valence-corrected chi connectivity index (χ3v) is 7.66. The normalized spacial score (nSPS) is 23.8. The quantitative estimate of drug-likeness (QED) is 0.611. The zero-order valence-electron chi connectivity index (χ0n) is 18.2. The van der Waals surface area contributed by atoms with Crippen molar-refractivity contribution < 1.29 is 27.6 Å². The molecule has 2 heterocycles. The summed E-state index contributed by atoms with van der Waals surface area (Å²) in [4.78, 5) is 23.6. The Labute approximate surface area is 183 Å². The first-order valence-corrected chi connectivity index (χ1v) is 12.3. The number of benzene rings is 1. The number of carbonyl (C=O) groups is 1. The minimum atomic E-state index is -3.77. The van der Waals surface area contributed by atoms with Crippen LogP contribution < -0.4 is 5.48 Å². The third-order valence-electron chi connectivity index (χ3n) is 5.67. The Hall–Kier alpha value is -2.23. The maximum absolute atomic E-state index is 12.8. The van der Waals surface area contributed by atoms with Gasteiger partial charge in [0.1, 0.15) is 6.10 Å². The van der Waals surface area contributed by atoms with E-state index in [1.807, 2.05) is 43.3 Å². The van der Waals surface area contributed by atoms with Gasteiger partial charge >= 0.3 is 0 Å². The predicted molar refractivity (Wildman–Crippen MR) is 118 cm³/mol. The zero-order chi connectivity index (χ0) is 22.5. The molecule has 0 aromatic heterocycles. The Bertz CT molecular complexity index is 935. The smallest absolute Gasteiger partial charge is 0.264 e. The third kappa shape index (κ3) is 5.72. The van der Waals surface area contributed by atoms with Gasteiger partial charge in [-0.15, -0.1) is 0 Å². The molecule has 1 fully saturated rings. The molecule has 8 nitrogen and oxygen atoms in total. The summed E-state index contributed by atoms with van der Waals surface area (Å²) in [6.07, 6.45) is 6.77. The highest BCUT2D eigenvalue weighted by Gasteiger charge is 2.47. The van der Waals surface area contributed by atoms with E-state index in [1.54, 1.807) is 0 Å². The number of rotatable bonds is 8. The second-order valence-electron chi connectivity index (χ2n) is 8.14. The molecule has 0 bridgehead atoms. The lowest BCUT2D eigenvalue weighted by atomic mass is 9.96. The number of hydrogen-bond donors (Lipinski definition) is 1. The molecule has 1 amide bonds. The van der Waals surface area contributed by atoms with Crippen LogP contribution in [0, 0.1) is 0 Å². The Morgan fingerprint density at radius 2 is 2.06 bits per heavy atom. The molecule has 1 saturated heterocycles. The lowest BCUT2D eigenvalue weighted by Crippen LogP contribution is -2.52. The minimum absolute atomic E-state index is 0.0454. The Morgan fingerprint density at radius 1 is 1.32 bits per heavy atom. The van der Waals surface area contributed by atoms with Crippen LogP contribution in [-0.2, 0) is 29.0 Å².